The number of carbonyl (C=O) groups excluding carboxylic acids is 2. The lowest BCUT2D eigenvalue weighted by Gasteiger charge is -2.16. The molecule has 27 heavy (non-hydrogen) atoms. The van der Waals surface area contributed by atoms with Gasteiger partial charge in [0.05, 0.1) is 20.3 Å². The molecule has 0 aliphatic rings. The summed E-state index contributed by atoms with van der Waals surface area (Å²) >= 11 is 0. The van der Waals surface area contributed by atoms with Gasteiger partial charge >= 0.3 is 5.97 Å². The minimum Gasteiger partial charge on any atom is -0.494 e. The van der Waals surface area contributed by atoms with Crippen LogP contribution in [0.3, 0.4) is 0 Å². The zero-order chi connectivity index (χ0) is 20.1. The van der Waals surface area contributed by atoms with Crippen LogP contribution in [0.4, 0.5) is 4.39 Å². The predicted molar refractivity (Wildman–Crippen MR) is 99.8 cm³/mol. The number of aryl methyl sites for hydroxylation is 1. The molecule has 1 aromatic carbocycles. The van der Waals surface area contributed by atoms with Crippen LogP contribution in [0.25, 0.3) is 0 Å². The molecule has 0 saturated carbocycles. The van der Waals surface area contributed by atoms with Gasteiger partial charge < -0.3 is 14.5 Å². The fraction of sp³-hybridized carbons (Fsp3) is 0.400. The number of ether oxygens (including phenoxy) is 2. The maximum absolute atomic E-state index is 13.8. The van der Waals surface area contributed by atoms with Crippen LogP contribution < -0.4 is 4.74 Å². The molecule has 0 atom stereocenters. The molecule has 0 spiro atoms. The average Bonchev–Trinajstić information content (AvgIpc) is 2.89. The lowest BCUT2D eigenvalue weighted by molar-refractivity contribution is 0.0519. The number of rotatable bonds is 8. The number of halogens is 1. The summed E-state index contributed by atoms with van der Waals surface area (Å²) in [5, 5.41) is 0. The number of methoxy groups -OCH3 is 1. The second kappa shape index (κ2) is 8.81. The van der Waals surface area contributed by atoms with Crippen molar-refractivity contribution in [2.75, 3.05) is 27.3 Å². The molecule has 6 nitrogen and oxygen atoms in total. The van der Waals surface area contributed by atoms with Crippen molar-refractivity contribution in [1.29, 1.82) is 0 Å². The van der Waals surface area contributed by atoms with Crippen LogP contribution in [0.2, 0.25) is 0 Å². The van der Waals surface area contributed by atoms with E-state index in [4.69, 9.17) is 9.47 Å². The second-order valence-electron chi connectivity index (χ2n) is 6.41. The maximum Gasteiger partial charge on any atom is 0.355 e. The van der Waals surface area contributed by atoms with E-state index in [2.05, 4.69) is 4.98 Å². The van der Waals surface area contributed by atoms with Gasteiger partial charge in [-0.05, 0) is 51.1 Å². The highest BCUT2D eigenvalue weighted by Gasteiger charge is 2.23. The number of carbonyl (C=O) groups is 2. The minimum atomic E-state index is -0.473. The standard InChI is InChI=1S/C20H25FN2O4/c1-6-27-20(25)19-12(2)18(13(3)22-19)16(24)11-23(4)10-14-7-8-17(26-5)15(21)9-14/h7-9,22H,6,10-11H2,1-5H3. The fourth-order valence-electron chi connectivity index (χ4n) is 3.08. The summed E-state index contributed by atoms with van der Waals surface area (Å²) in [7, 11) is 3.19. The first kappa shape index (κ1) is 20.6. The van der Waals surface area contributed by atoms with Gasteiger partial charge in [0.15, 0.2) is 17.3 Å². The Morgan fingerprint density at radius 1 is 1.26 bits per heavy atom. The normalized spacial score (nSPS) is 10.9. The number of aromatic amines is 1. The molecule has 0 unspecified atom stereocenters. The molecule has 1 N–H and O–H groups in total. The molecule has 7 heteroatoms. The van der Waals surface area contributed by atoms with Crippen molar-refractivity contribution in [3.63, 3.8) is 0 Å². The SMILES string of the molecule is CCOC(=O)c1[nH]c(C)c(C(=O)CN(C)Cc2ccc(OC)c(F)c2)c1C. The first-order chi connectivity index (χ1) is 12.8. The van der Waals surface area contributed by atoms with E-state index in [9.17, 15) is 14.0 Å². The van der Waals surface area contributed by atoms with Crippen LogP contribution in [-0.4, -0.2) is 48.9 Å². The number of hydrogen-bond acceptors (Lipinski definition) is 5. The van der Waals surface area contributed by atoms with Gasteiger partial charge in [0, 0.05) is 17.8 Å². The number of nitrogens with zero attached hydrogens (tertiary/aromatic N) is 1. The van der Waals surface area contributed by atoms with Gasteiger partial charge in [-0.3, -0.25) is 9.69 Å². The second-order valence-corrected chi connectivity index (χ2v) is 6.41. The van der Waals surface area contributed by atoms with Crippen molar-refractivity contribution in [2.45, 2.75) is 27.3 Å². The van der Waals surface area contributed by atoms with Crippen LogP contribution in [0.15, 0.2) is 18.2 Å². The van der Waals surface area contributed by atoms with Crippen molar-refractivity contribution in [3.8, 4) is 5.75 Å². The third-order valence-electron chi connectivity index (χ3n) is 4.28. The van der Waals surface area contributed by atoms with Crippen molar-refractivity contribution < 1.29 is 23.5 Å². The Labute approximate surface area is 158 Å². The third-order valence-corrected chi connectivity index (χ3v) is 4.28. The number of nitrogens with one attached hydrogen (secondary N) is 1. The van der Waals surface area contributed by atoms with Gasteiger partial charge in [-0.1, -0.05) is 6.07 Å². The summed E-state index contributed by atoms with van der Waals surface area (Å²) in [6.45, 7) is 6.01. The van der Waals surface area contributed by atoms with Gasteiger partial charge in [0.25, 0.3) is 0 Å². The van der Waals surface area contributed by atoms with Crippen LogP contribution >= 0.6 is 0 Å². The minimum absolute atomic E-state index is 0.117. The van der Waals surface area contributed by atoms with E-state index in [-0.39, 0.29) is 24.7 Å². The highest BCUT2D eigenvalue weighted by atomic mass is 19.1. The number of Topliss-reactive ketones (excluding diaryl/α,β-unsaturated/α-hetero) is 1. The Morgan fingerprint density at radius 3 is 2.56 bits per heavy atom. The third kappa shape index (κ3) is 4.74. The van der Waals surface area contributed by atoms with Crippen LogP contribution in [0, 0.1) is 19.7 Å². The van der Waals surface area contributed by atoms with E-state index in [0.29, 0.717) is 29.1 Å². The number of aromatic nitrogens is 1. The number of H-pyrrole nitrogens is 1. The molecule has 1 aromatic heterocycles. The highest BCUT2D eigenvalue weighted by molar-refractivity contribution is 6.03. The van der Waals surface area contributed by atoms with Gasteiger partial charge in [-0.15, -0.1) is 0 Å². The number of benzene rings is 1. The molecule has 0 bridgehead atoms. The fourth-order valence-corrected chi connectivity index (χ4v) is 3.08. The van der Waals surface area contributed by atoms with Gasteiger partial charge in [0.1, 0.15) is 5.69 Å². The predicted octanol–water partition coefficient (Wildman–Crippen LogP) is 3.27. The van der Waals surface area contributed by atoms with Crippen LogP contribution in [0.5, 0.6) is 5.75 Å². The Bertz CT molecular complexity index is 845. The van der Waals surface area contributed by atoms with Gasteiger partial charge in [-0.2, -0.15) is 0 Å². The summed E-state index contributed by atoms with van der Waals surface area (Å²) in [5.74, 6) is -0.846. The number of esters is 1. The zero-order valence-corrected chi connectivity index (χ0v) is 16.3. The van der Waals surface area contributed by atoms with E-state index in [1.165, 1.54) is 13.2 Å². The molecule has 1 heterocycles. The largest absolute Gasteiger partial charge is 0.494 e. The van der Waals surface area contributed by atoms with E-state index in [1.807, 2.05) is 0 Å². The van der Waals surface area contributed by atoms with Crippen LogP contribution in [0.1, 0.15) is 44.6 Å². The van der Waals surface area contributed by atoms with Gasteiger partial charge in [0.2, 0.25) is 0 Å². The van der Waals surface area contributed by atoms with Crippen molar-refractivity contribution in [2.24, 2.45) is 0 Å². The summed E-state index contributed by atoms with van der Waals surface area (Å²) in [4.78, 5) is 29.5. The molecule has 146 valence electrons. The molecule has 0 saturated heterocycles. The Hall–Kier alpha value is -2.67. The van der Waals surface area contributed by atoms with Crippen molar-refractivity contribution in [3.05, 3.63) is 52.1 Å². The maximum atomic E-state index is 13.8. The zero-order valence-electron chi connectivity index (χ0n) is 16.3. The smallest absolute Gasteiger partial charge is 0.355 e. The number of hydrogen-bond donors (Lipinski definition) is 1. The Balaban J connectivity index is 2.10. The van der Waals surface area contributed by atoms with Crippen molar-refractivity contribution >= 4 is 11.8 Å². The molecule has 0 amide bonds. The molecule has 2 rings (SSSR count). The number of ketones is 1. The molecule has 0 aliphatic heterocycles. The summed E-state index contributed by atoms with van der Waals surface area (Å²) in [6.07, 6.45) is 0. The van der Waals surface area contributed by atoms with E-state index in [1.54, 1.807) is 44.9 Å². The summed E-state index contributed by atoms with van der Waals surface area (Å²) in [5.41, 5.74) is 2.74. The Kier molecular flexibility index (Phi) is 6.74. The first-order valence-electron chi connectivity index (χ1n) is 8.68. The topological polar surface area (TPSA) is 71.6 Å². The molecular weight excluding hydrogens is 351 g/mol. The molecule has 0 aliphatic carbocycles. The first-order valence-corrected chi connectivity index (χ1v) is 8.68. The van der Waals surface area contributed by atoms with E-state index >= 15 is 0 Å². The summed E-state index contributed by atoms with van der Waals surface area (Å²) < 4.78 is 23.7. The summed E-state index contributed by atoms with van der Waals surface area (Å²) in [6, 6.07) is 4.71. The molecule has 0 fully saturated rings. The molecule has 2 aromatic rings. The molecular formula is C20H25FN2O4. The van der Waals surface area contributed by atoms with E-state index in [0.717, 1.165) is 5.56 Å². The van der Waals surface area contributed by atoms with Crippen molar-refractivity contribution in [1.82, 2.24) is 9.88 Å². The van der Waals surface area contributed by atoms with Gasteiger partial charge in [-0.25, -0.2) is 9.18 Å². The Morgan fingerprint density at radius 2 is 1.96 bits per heavy atom. The number of likely N-dealkylation sites (N-methyl/N-ethyl adjacent to an activating group) is 1. The lowest BCUT2D eigenvalue weighted by Crippen LogP contribution is -2.26. The average molecular weight is 376 g/mol. The monoisotopic (exact) mass is 376 g/mol. The lowest BCUT2D eigenvalue weighted by atomic mass is 10.1. The van der Waals surface area contributed by atoms with Crippen LogP contribution in [-0.2, 0) is 11.3 Å². The molecule has 0 radical (unpaired) electrons. The highest BCUT2D eigenvalue weighted by Crippen LogP contribution is 2.21. The quantitative estimate of drug-likeness (QED) is 0.566. The van der Waals surface area contributed by atoms with E-state index < -0.39 is 11.8 Å².